The Hall–Kier alpha value is -0.620. The summed E-state index contributed by atoms with van der Waals surface area (Å²) in [5.74, 6) is -0.648. The van der Waals surface area contributed by atoms with E-state index >= 15 is 0 Å². The SMILES string of the molecule is CCCCS(=O)(=O)NCCC(C)(C)CCC(=O)O. The Morgan fingerprint density at radius 1 is 1.28 bits per heavy atom. The summed E-state index contributed by atoms with van der Waals surface area (Å²) in [6, 6.07) is 0. The molecule has 0 aromatic carbocycles. The maximum atomic E-state index is 11.5. The van der Waals surface area contributed by atoms with Crippen LogP contribution in [0.25, 0.3) is 0 Å². The van der Waals surface area contributed by atoms with Gasteiger partial charge in [0, 0.05) is 13.0 Å². The molecule has 0 spiro atoms. The molecule has 0 radical (unpaired) electrons. The van der Waals surface area contributed by atoms with Crippen LogP contribution < -0.4 is 4.72 Å². The van der Waals surface area contributed by atoms with Gasteiger partial charge in [0.2, 0.25) is 10.0 Å². The van der Waals surface area contributed by atoms with Gasteiger partial charge in [0.05, 0.1) is 5.75 Å². The van der Waals surface area contributed by atoms with Gasteiger partial charge in [-0.2, -0.15) is 0 Å². The summed E-state index contributed by atoms with van der Waals surface area (Å²) < 4.78 is 25.6. The average molecular weight is 279 g/mol. The zero-order valence-electron chi connectivity index (χ0n) is 11.5. The second-order valence-electron chi connectivity index (χ2n) is 5.37. The van der Waals surface area contributed by atoms with Gasteiger partial charge in [-0.05, 0) is 24.7 Å². The van der Waals surface area contributed by atoms with Crippen molar-refractivity contribution in [3.63, 3.8) is 0 Å². The van der Waals surface area contributed by atoms with Crippen molar-refractivity contribution in [3.8, 4) is 0 Å². The zero-order valence-corrected chi connectivity index (χ0v) is 12.3. The van der Waals surface area contributed by atoms with Crippen molar-refractivity contribution in [1.29, 1.82) is 0 Å². The lowest BCUT2D eigenvalue weighted by Crippen LogP contribution is -2.30. The van der Waals surface area contributed by atoms with Gasteiger partial charge in [-0.3, -0.25) is 4.79 Å². The van der Waals surface area contributed by atoms with E-state index in [0.717, 1.165) is 6.42 Å². The number of carbonyl (C=O) groups is 1. The second kappa shape index (κ2) is 7.74. The summed E-state index contributed by atoms with van der Waals surface area (Å²) in [7, 11) is -3.16. The van der Waals surface area contributed by atoms with E-state index in [-0.39, 0.29) is 17.6 Å². The Balaban J connectivity index is 3.98. The molecular formula is C12H25NO4S. The van der Waals surface area contributed by atoms with Crippen LogP contribution in [0.2, 0.25) is 0 Å². The molecular weight excluding hydrogens is 254 g/mol. The van der Waals surface area contributed by atoms with Crippen LogP contribution in [0.3, 0.4) is 0 Å². The van der Waals surface area contributed by atoms with Gasteiger partial charge in [0.25, 0.3) is 0 Å². The van der Waals surface area contributed by atoms with Crippen LogP contribution in [0.1, 0.15) is 52.9 Å². The first kappa shape index (κ1) is 17.4. The molecule has 2 N–H and O–H groups in total. The topological polar surface area (TPSA) is 83.5 Å². The minimum Gasteiger partial charge on any atom is -0.481 e. The molecule has 0 aliphatic heterocycles. The molecule has 18 heavy (non-hydrogen) atoms. The standard InChI is InChI=1S/C12H25NO4S/c1-4-5-10-18(16,17)13-9-8-12(2,3)7-6-11(14)15/h13H,4-10H2,1-3H3,(H,14,15). The number of rotatable bonds is 10. The average Bonchev–Trinajstić information content (AvgIpc) is 2.23. The summed E-state index contributed by atoms with van der Waals surface area (Å²) in [5, 5.41) is 8.62. The number of unbranched alkanes of at least 4 members (excludes halogenated alkanes) is 1. The van der Waals surface area contributed by atoms with Gasteiger partial charge in [-0.25, -0.2) is 13.1 Å². The molecule has 0 aliphatic carbocycles. The number of sulfonamides is 1. The fraction of sp³-hybridized carbons (Fsp3) is 0.917. The maximum absolute atomic E-state index is 11.5. The molecule has 0 aliphatic rings. The van der Waals surface area contributed by atoms with Crippen molar-refractivity contribution < 1.29 is 18.3 Å². The highest BCUT2D eigenvalue weighted by molar-refractivity contribution is 7.89. The van der Waals surface area contributed by atoms with Crippen molar-refractivity contribution in [1.82, 2.24) is 4.72 Å². The molecule has 0 aromatic rings. The van der Waals surface area contributed by atoms with Gasteiger partial charge in [0.15, 0.2) is 0 Å². The first-order chi connectivity index (χ1) is 8.18. The lowest BCUT2D eigenvalue weighted by molar-refractivity contribution is -0.137. The molecule has 0 unspecified atom stereocenters. The monoisotopic (exact) mass is 279 g/mol. The first-order valence-corrected chi connectivity index (χ1v) is 8.03. The van der Waals surface area contributed by atoms with Crippen LogP contribution in [0, 0.1) is 5.41 Å². The van der Waals surface area contributed by atoms with Crippen LogP contribution in [0.15, 0.2) is 0 Å². The van der Waals surface area contributed by atoms with Gasteiger partial charge in [-0.1, -0.05) is 27.2 Å². The van der Waals surface area contributed by atoms with Crippen molar-refractivity contribution in [3.05, 3.63) is 0 Å². The molecule has 0 saturated heterocycles. The van der Waals surface area contributed by atoms with Crippen LogP contribution in [-0.2, 0) is 14.8 Å². The number of aliphatic carboxylic acids is 1. The third kappa shape index (κ3) is 9.41. The van der Waals surface area contributed by atoms with Crippen molar-refractivity contribution >= 4 is 16.0 Å². The number of carboxylic acids is 1. The molecule has 0 heterocycles. The number of hydrogen-bond acceptors (Lipinski definition) is 3. The molecule has 5 nitrogen and oxygen atoms in total. The number of hydrogen-bond donors (Lipinski definition) is 2. The quantitative estimate of drug-likeness (QED) is 0.640. The molecule has 0 aromatic heterocycles. The minimum absolute atomic E-state index is 0.121. The summed E-state index contributed by atoms with van der Waals surface area (Å²) >= 11 is 0. The molecule has 6 heteroatoms. The van der Waals surface area contributed by atoms with E-state index in [4.69, 9.17) is 5.11 Å². The smallest absolute Gasteiger partial charge is 0.303 e. The normalized spacial score (nSPS) is 12.6. The van der Waals surface area contributed by atoms with E-state index in [1.54, 1.807) is 0 Å². The number of carboxylic acid groups (broad SMARTS) is 1. The largest absolute Gasteiger partial charge is 0.481 e. The summed E-state index contributed by atoms with van der Waals surface area (Å²) in [4.78, 5) is 10.5. The highest BCUT2D eigenvalue weighted by Crippen LogP contribution is 2.26. The van der Waals surface area contributed by atoms with Crippen LogP contribution in [0.5, 0.6) is 0 Å². The Bertz CT molecular complexity index is 349. The Morgan fingerprint density at radius 2 is 1.89 bits per heavy atom. The van der Waals surface area contributed by atoms with Gasteiger partial charge in [-0.15, -0.1) is 0 Å². The molecule has 0 saturated carbocycles. The second-order valence-corrected chi connectivity index (χ2v) is 7.30. The van der Waals surface area contributed by atoms with E-state index in [9.17, 15) is 13.2 Å². The molecule has 0 atom stereocenters. The molecule has 0 amide bonds. The van der Waals surface area contributed by atoms with E-state index in [1.165, 1.54) is 0 Å². The van der Waals surface area contributed by atoms with E-state index < -0.39 is 16.0 Å². The van der Waals surface area contributed by atoms with Crippen molar-refractivity contribution in [2.45, 2.75) is 52.9 Å². The van der Waals surface area contributed by atoms with Gasteiger partial charge < -0.3 is 5.11 Å². The predicted molar refractivity (Wildman–Crippen MR) is 72.0 cm³/mol. The van der Waals surface area contributed by atoms with E-state index in [1.807, 2.05) is 20.8 Å². The first-order valence-electron chi connectivity index (χ1n) is 6.38. The highest BCUT2D eigenvalue weighted by Gasteiger charge is 2.20. The predicted octanol–water partition coefficient (Wildman–Crippen LogP) is 1.99. The van der Waals surface area contributed by atoms with E-state index in [0.29, 0.717) is 25.8 Å². The van der Waals surface area contributed by atoms with E-state index in [2.05, 4.69) is 4.72 Å². The molecule has 108 valence electrons. The lowest BCUT2D eigenvalue weighted by atomic mass is 9.84. The lowest BCUT2D eigenvalue weighted by Gasteiger charge is -2.23. The van der Waals surface area contributed by atoms with Crippen molar-refractivity contribution in [2.24, 2.45) is 5.41 Å². The van der Waals surface area contributed by atoms with Gasteiger partial charge in [0.1, 0.15) is 0 Å². The summed E-state index contributed by atoms with van der Waals surface area (Å²) in [5.41, 5.74) is -0.161. The van der Waals surface area contributed by atoms with Crippen LogP contribution in [-0.4, -0.2) is 31.8 Å². The minimum atomic E-state index is -3.16. The van der Waals surface area contributed by atoms with Crippen LogP contribution >= 0.6 is 0 Å². The zero-order chi connectivity index (χ0) is 14.2. The molecule has 0 bridgehead atoms. The Morgan fingerprint density at radius 3 is 2.39 bits per heavy atom. The molecule has 0 rings (SSSR count). The Kier molecular flexibility index (Phi) is 7.47. The third-order valence-corrected chi connectivity index (χ3v) is 4.38. The van der Waals surface area contributed by atoms with Crippen LogP contribution in [0.4, 0.5) is 0 Å². The maximum Gasteiger partial charge on any atom is 0.303 e. The number of nitrogens with one attached hydrogen (secondary N) is 1. The Labute approximate surface area is 110 Å². The fourth-order valence-electron chi connectivity index (χ4n) is 1.52. The summed E-state index contributed by atoms with van der Waals surface area (Å²) in [6.07, 6.45) is 2.84. The fourth-order valence-corrected chi connectivity index (χ4v) is 2.75. The molecule has 0 fully saturated rings. The highest BCUT2D eigenvalue weighted by atomic mass is 32.2. The third-order valence-electron chi connectivity index (χ3n) is 2.91. The summed E-state index contributed by atoms with van der Waals surface area (Å²) in [6.45, 7) is 6.23. The van der Waals surface area contributed by atoms with Gasteiger partial charge >= 0.3 is 5.97 Å². The van der Waals surface area contributed by atoms with Crippen molar-refractivity contribution in [2.75, 3.05) is 12.3 Å².